The average molecular weight is 239 g/mol. The molecule has 1 saturated carbocycles. The minimum Gasteiger partial charge on any atom is -0.312 e. The predicted octanol–water partition coefficient (Wildman–Crippen LogP) is 3.23. The van der Waals surface area contributed by atoms with E-state index in [0.29, 0.717) is 6.04 Å². The Labute approximate surface area is 94.5 Å². The Kier molecular flexibility index (Phi) is 6.13. The number of alkyl halides is 3. The summed E-state index contributed by atoms with van der Waals surface area (Å²) in [4.78, 5) is 0. The van der Waals surface area contributed by atoms with Crippen molar-refractivity contribution < 1.29 is 17.9 Å². The summed E-state index contributed by atoms with van der Waals surface area (Å²) >= 11 is 0. The molecule has 5 heteroatoms. The Balaban J connectivity index is 2.06. The number of hydrogen-bond donors (Lipinski definition) is 1. The fraction of sp³-hybridized carbons (Fsp3) is 1.00. The van der Waals surface area contributed by atoms with E-state index < -0.39 is 6.36 Å². The van der Waals surface area contributed by atoms with Gasteiger partial charge in [0, 0.05) is 12.6 Å². The van der Waals surface area contributed by atoms with E-state index in [9.17, 15) is 13.2 Å². The molecule has 0 heterocycles. The van der Waals surface area contributed by atoms with Gasteiger partial charge in [0.25, 0.3) is 0 Å². The quantitative estimate of drug-likeness (QED) is 0.760. The first-order valence-electron chi connectivity index (χ1n) is 6.02. The van der Waals surface area contributed by atoms with E-state index in [1.807, 2.05) is 0 Å². The van der Waals surface area contributed by atoms with Crippen LogP contribution in [0.3, 0.4) is 0 Å². The van der Waals surface area contributed by atoms with E-state index in [1.54, 1.807) is 0 Å². The molecule has 0 aromatic rings. The molecule has 2 nitrogen and oxygen atoms in total. The fourth-order valence-electron chi connectivity index (χ4n) is 2.09. The van der Waals surface area contributed by atoms with Crippen molar-refractivity contribution in [2.24, 2.45) is 0 Å². The molecule has 1 aliphatic carbocycles. The van der Waals surface area contributed by atoms with Crippen molar-refractivity contribution >= 4 is 0 Å². The van der Waals surface area contributed by atoms with Crippen LogP contribution in [0.15, 0.2) is 0 Å². The van der Waals surface area contributed by atoms with Gasteiger partial charge in [0.1, 0.15) is 0 Å². The highest BCUT2D eigenvalue weighted by molar-refractivity contribution is 4.69. The zero-order valence-corrected chi connectivity index (χ0v) is 9.48. The maximum absolute atomic E-state index is 11.7. The van der Waals surface area contributed by atoms with Crippen molar-refractivity contribution in [3.8, 4) is 0 Å². The Bertz CT molecular complexity index is 177. The molecule has 1 N–H and O–H groups in total. The van der Waals surface area contributed by atoms with Crippen LogP contribution in [0, 0.1) is 0 Å². The Morgan fingerprint density at radius 2 is 1.56 bits per heavy atom. The number of rotatable bonds is 4. The second-order valence-electron chi connectivity index (χ2n) is 4.29. The summed E-state index contributed by atoms with van der Waals surface area (Å²) in [5.41, 5.74) is 0. The van der Waals surface area contributed by atoms with Crippen LogP contribution in [0.1, 0.15) is 44.9 Å². The molecule has 0 aliphatic heterocycles. The van der Waals surface area contributed by atoms with E-state index in [2.05, 4.69) is 10.1 Å². The third-order valence-corrected chi connectivity index (χ3v) is 2.91. The second-order valence-corrected chi connectivity index (χ2v) is 4.29. The van der Waals surface area contributed by atoms with Gasteiger partial charge in [-0.3, -0.25) is 4.74 Å². The van der Waals surface area contributed by atoms with Crippen LogP contribution in [0.2, 0.25) is 0 Å². The van der Waals surface area contributed by atoms with Crippen molar-refractivity contribution in [2.75, 3.05) is 13.2 Å². The summed E-state index contributed by atoms with van der Waals surface area (Å²) in [7, 11) is 0. The van der Waals surface area contributed by atoms with Crippen molar-refractivity contribution in [2.45, 2.75) is 57.3 Å². The van der Waals surface area contributed by atoms with Gasteiger partial charge in [-0.25, -0.2) is 0 Å². The molecular weight excluding hydrogens is 219 g/mol. The summed E-state index contributed by atoms with van der Waals surface area (Å²) < 4.78 is 38.8. The molecule has 96 valence electrons. The van der Waals surface area contributed by atoms with Gasteiger partial charge in [0.05, 0.1) is 6.61 Å². The number of nitrogens with one attached hydrogen (secondary N) is 1. The van der Waals surface area contributed by atoms with Crippen LogP contribution in [0.5, 0.6) is 0 Å². The molecule has 0 saturated heterocycles. The summed E-state index contributed by atoms with van der Waals surface area (Å²) in [5, 5.41) is 3.14. The highest BCUT2D eigenvalue weighted by Gasteiger charge is 2.28. The van der Waals surface area contributed by atoms with Gasteiger partial charge < -0.3 is 5.32 Å². The highest BCUT2D eigenvalue weighted by Crippen LogP contribution is 2.17. The van der Waals surface area contributed by atoms with E-state index in [4.69, 9.17) is 0 Å². The minimum atomic E-state index is -4.50. The molecule has 0 atom stereocenters. The molecule has 0 radical (unpaired) electrons. The van der Waals surface area contributed by atoms with Gasteiger partial charge in [-0.1, -0.05) is 32.1 Å². The summed E-state index contributed by atoms with van der Waals surface area (Å²) in [5.74, 6) is 0. The molecule has 0 aromatic heterocycles. The Morgan fingerprint density at radius 3 is 2.12 bits per heavy atom. The normalized spacial score (nSPS) is 20.4. The lowest BCUT2D eigenvalue weighted by molar-refractivity contribution is -0.323. The SMILES string of the molecule is FC(F)(F)OCCNC1CCCCCCC1. The zero-order chi connectivity index (χ0) is 11.9. The maximum atomic E-state index is 11.7. The van der Waals surface area contributed by atoms with Crippen LogP contribution >= 0.6 is 0 Å². The summed E-state index contributed by atoms with van der Waals surface area (Å²) in [6.07, 6.45) is 3.80. The predicted molar refractivity (Wildman–Crippen MR) is 56.1 cm³/mol. The average Bonchev–Trinajstić information content (AvgIpc) is 2.13. The van der Waals surface area contributed by atoms with Crippen molar-refractivity contribution in [1.82, 2.24) is 5.32 Å². The third-order valence-electron chi connectivity index (χ3n) is 2.91. The monoisotopic (exact) mass is 239 g/mol. The first-order valence-corrected chi connectivity index (χ1v) is 6.02. The van der Waals surface area contributed by atoms with E-state index in [0.717, 1.165) is 12.8 Å². The number of ether oxygens (including phenoxy) is 1. The Hall–Kier alpha value is -0.290. The van der Waals surface area contributed by atoms with Gasteiger partial charge >= 0.3 is 6.36 Å². The molecule has 0 amide bonds. The van der Waals surface area contributed by atoms with Crippen LogP contribution in [-0.4, -0.2) is 25.6 Å². The van der Waals surface area contributed by atoms with Crippen LogP contribution < -0.4 is 5.32 Å². The fourth-order valence-corrected chi connectivity index (χ4v) is 2.09. The molecule has 0 bridgehead atoms. The van der Waals surface area contributed by atoms with E-state index in [-0.39, 0.29) is 13.2 Å². The molecular formula is C11H20F3NO. The number of halogens is 3. The number of hydrogen-bond acceptors (Lipinski definition) is 2. The van der Waals surface area contributed by atoms with E-state index >= 15 is 0 Å². The largest absolute Gasteiger partial charge is 0.522 e. The molecule has 0 spiro atoms. The van der Waals surface area contributed by atoms with Gasteiger partial charge in [0.15, 0.2) is 0 Å². The van der Waals surface area contributed by atoms with Crippen molar-refractivity contribution in [3.63, 3.8) is 0 Å². The van der Waals surface area contributed by atoms with Crippen molar-refractivity contribution in [1.29, 1.82) is 0 Å². The molecule has 0 aromatic carbocycles. The van der Waals surface area contributed by atoms with Gasteiger partial charge in [0.2, 0.25) is 0 Å². The van der Waals surface area contributed by atoms with Gasteiger partial charge in [-0.05, 0) is 12.8 Å². The van der Waals surface area contributed by atoms with Crippen LogP contribution in [0.25, 0.3) is 0 Å². The van der Waals surface area contributed by atoms with Crippen molar-refractivity contribution in [3.05, 3.63) is 0 Å². The molecule has 0 unspecified atom stereocenters. The molecule has 1 rings (SSSR count). The van der Waals surface area contributed by atoms with Crippen LogP contribution in [-0.2, 0) is 4.74 Å². The molecule has 1 fully saturated rings. The first-order chi connectivity index (χ1) is 7.58. The molecule has 16 heavy (non-hydrogen) atoms. The van der Waals surface area contributed by atoms with Gasteiger partial charge in [-0.15, -0.1) is 13.2 Å². The topological polar surface area (TPSA) is 21.3 Å². The smallest absolute Gasteiger partial charge is 0.312 e. The van der Waals surface area contributed by atoms with E-state index in [1.165, 1.54) is 32.1 Å². The second kappa shape index (κ2) is 7.12. The summed E-state index contributed by atoms with van der Waals surface area (Å²) in [6.45, 7) is -0.00975. The van der Waals surface area contributed by atoms with Gasteiger partial charge in [-0.2, -0.15) is 0 Å². The zero-order valence-electron chi connectivity index (χ0n) is 9.48. The lowest BCUT2D eigenvalue weighted by atomic mass is 9.97. The van der Waals surface area contributed by atoms with Crippen LogP contribution in [0.4, 0.5) is 13.2 Å². The Morgan fingerprint density at radius 1 is 1.00 bits per heavy atom. The third kappa shape index (κ3) is 7.06. The lowest BCUT2D eigenvalue weighted by Crippen LogP contribution is -2.33. The standard InChI is InChI=1S/C11H20F3NO/c12-11(13,14)16-9-8-15-10-6-4-2-1-3-5-7-10/h10,15H,1-9H2. The highest BCUT2D eigenvalue weighted by atomic mass is 19.4. The first kappa shape index (κ1) is 13.8. The minimum absolute atomic E-state index is 0.282. The molecule has 1 aliphatic rings. The maximum Gasteiger partial charge on any atom is 0.522 e. The summed E-state index contributed by atoms with van der Waals surface area (Å²) in [6, 6.07) is 0.372. The lowest BCUT2D eigenvalue weighted by Gasteiger charge is -2.21.